The van der Waals surface area contributed by atoms with E-state index in [4.69, 9.17) is 11.6 Å². The lowest BCUT2D eigenvalue weighted by Crippen LogP contribution is -2.41. The molecule has 1 heterocycles. The Kier molecular flexibility index (Phi) is 7.72. The van der Waals surface area contributed by atoms with E-state index in [0.717, 1.165) is 11.0 Å². The van der Waals surface area contributed by atoms with E-state index < -0.39 is 53.0 Å². The number of nitriles is 1. The van der Waals surface area contributed by atoms with Crippen LogP contribution >= 0.6 is 11.6 Å². The van der Waals surface area contributed by atoms with Crippen LogP contribution in [0.1, 0.15) is 31.5 Å². The summed E-state index contributed by atoms with van der Waals surface area (Å²) in [6, 6.07) is 6.88. The number of nitrogens with zero attached hydrogens (tertiary/aromatic N) is 3. The molecule has 12 heteroatoms. The smallest absolute Gasteiger partial charge is 0.312 e. The highest BCUT2D eigenvalue weighted by Gasteiger charge is 2.48. The summed E-state index contributed by atoms with van der Waals surface area (Å²) in [6.07, 6.45) is -10.1. The van der Waals surface area contributed by atoms with Crippen LogP contribution in [0, 0.1) is 35.4 Å². The topological polar surface area (TPSA) is 57.0 Å². The van der Waals surface area contributed by atoms with Gasteiger partial charge in [-0.25, -0.2) is 9.37 Å². The lowest BCUT2D eigenvalue weighted by Gasteiger charge is -2.35. The molecule has 1 unspecified atom stereocenters. The molecule has 1 aromatic carbocycles. The molecular weight excluding hydrogens is 539 g/mol. The molecule has 0 saturated carbocycles. The third-order valence-electron chi connectivity index (χ3n) is 6.38. The van der Waals surface area contributed by atoms with Gasteiger partial charge in [-0.1, -0.05) is 29.8 Å². The van der Waals surface area contributed by atoms with Crippen LogP contribution in [0.15, 0.2) is 47.6 Å². The fourth-order valence-electron chi connectivity index (χ4n) is 4.31. The number of pyridine rings is 1. The molecule has 1 aromatic heterocycles. The first-order valence-electron chi connectivity index (χ1n) is 11.1. The lowest BCUT2D eigenvalue weighted by atomic mass is 9.76. The number of alkyl halides is 6. The highest BCUT2D eigenvalue weighted by Crippen LogP contribution is 2.46. The SMILES string of the molecule is Cc1cc(F)ccc1-c1cc(Cl)nc(C#N)c1N(C)C(=O)C(C)(C)C1=CC(C(F)(F)F)CC(C(F)(F)F)=C1. The Balaban J connectivity index is 2.18. The molecule has 1 aliphatic rings. The zero-order chi connectivity index (χ0) is 28.8. The second-order valence-electron chi connectivity index (χ2n) is 9.39. The Hall–Kier alpha value is -3.39. The van der Waals surface area contributed by atoms with Gasteiger partial charge in [-0.05, 0) is 62.1 Å². The summed E-state index contributed by atoms with van der Waals surface area (Å²) in [7, 11) is 1.22. The maximum absolute atomic E-state index is 13.7. The van der Waals surface area contributed by atoms with E-state index >= 15 is 0 Å². The summed E-state index contributed by atoms with van der Waals surface area (Å²) in [5, 5.41) is 9.60. The molecule has 0 spiro atoms. The summed E-state index contributed by atoms with van der Waals surface area (Å²) in [4.78, 5) is 18.6. The van der Waals surface area contributed by atoms with Gasteiger partial charge in [0, 0.05) is 18.2 Å². The number of carbonyl (C=O) groups excluding carboxylic acids is 1. The average Bonchev–Trinajstić information content (AvgIpc) is 2.81. The van der Waals surface area contributed by atoms with E-state index in [1.807, 2.05) is 6.07 Å². The number of hydrogen-bond donors (Lipinski definition) is 0. The highest BCUT2D eigenvalue weighted by atomic mass is 35.5. The van der Waals surface area contributed by atoms with Crippen molar-refractivity contribution >= 4 is 23.2 Å². The molecule has 1 atom stereocenters. The summed E-state index contributed by atoms with van der Waals surface area (Å²) < 4.78 is 94.8. The van der Waals surface area contributed by atoms with Gasteiger partial charge in [0.25, 0.3) is 0 Å². The first-order valence-corrected chi connectivity index (χ1v) is 11.5. The molecule has 0 N–H and O–H groups in total. The number of amides is 1. The summed E-state index contributed by atoms with van der Waals surface area (Å²) >= 11 is 6.08. The quantitative estimate of drug-likeness (QED) is 0.285. The van der Waals surface area contributed by atoms with Gasteiger partial charge >= 0.3 is 12.4 Å². The second kappa shape index (κ2) is 10.1. The number of hydrogen-bond acceptors (Lipinski definition) is 3. The Bertz CT molecular complexity index is 1380. The van der Waals surface area contributed by atoms with Crippen LogP contribution in [0.4, 0.5) is 36.4 Å². The third kappa shape index (κ3) is 5.70. The molecule has 38 heavy (non-hydrogen) atoms. The molecule has 1 aliphatic carbocycles. The van der Waals surface area contributed by atoms with Crippen LogP contribution in [0.5, 0.6) is 0 Å². The van der Waals surface area contributed by atoms with Gasteiger partial charge in [-0.2, -0.15) is 31.6 Å². The number of benzene rings is 1. The van der Waals surface area contributed by atoms with Gasteiger partial charge in [0.15, 0.2) is 5.69 Å². The monoisotopic (exact) mass is 559 g/mol. The van der Waals surface area contributed by atoms with Crippen LogP contribution < -0.4 is 4.90 Å². The van der Waals surface area contributed by atoms with E-state index in [1.54, 1.807) is 6.92 Å². The van der Waals surface area contributed by atoms with Gasteiger partial charge in [0.1, 0.15) is 17.0 Å². The number of allylic oxidation sites excluding steroid dienone is 3. The fraction of sp³-hybridized carbons (Fsp3) is 0.346. The average molecular weight is 560 g/mol. The normalized spacial score (nSPS) is 16.4. The van der Waals surface area contributed by atoms with Crippen molar-refractivity contribution in [2.75, 3.05) is 11.9 Å². The maximum Gasteiger partial charge on any atom is 0.412 e. The van der Waals surface area contributed by atoms with Crippen LogP contribution in [0.2, 0.25) is 5.15 Å². The summed E-state index contributed by atoms with van der Waals surface area (Å²) in [6.45, 7) is 3.96. The van der Waals surface area contributed by atoms with E-state index in [1.165, 1.54) is 39.1 Å². The van der Waals surface area contributed by atoms with Crippen molar-refractivity contribution in [3.05, 3.63) is 69.8 Å². The molecule has 0 aliphatic heterocycles. The molecule has 3 rings (SSSR count). The Morgan fingerprint density at radius 3 is 2.29 bits per heavy atom. The number of carbonyl (C=O) groups is 1. The van der Waals surface area contributed by atoms with Gasteiger partial charge in [-0.3, -0.25) is 4.79 Å². The highest BCUT2D eigenvalue weighted by molar-refractivity contribution is 6.30. The fourth-order valence-corrected chi connectivity index (χ4v) is 4.50. The molecule has 0 radical (unpaired) electrons. The summed E-state index contributed by atoms with van der Waals surface area (Å²) in [5.74, 6) is -3.90. The van der Waals surface area contributed by atoms with Crippen LogP contribution in [-0.4, -0.2) is 30.3 Å². The van der Waals surface area contributed by atoms with Crippen molar-refractivity contribution in [1.29, 1.82) is 5.26 Å². The first kappa shape index (κ1) is 29.2. The Labute approximate surface area is 219 Å². The second-order valence-corrected chi connectivity index (χ2v) is 9.78. The minimum absolute atomic E-state index is 0.0894. The number of aromatic nitrogens is 1. The Morgan fingerprint density at radius 2 is 1.76 bits per heavy atom. The summed E-state index contributed by atoms with van der Waals surface area (Å²) in [5.41, 5.74) is -3.19. The number of anilines is 1. The standard InChI is InChI=1S/C26H21ClF7N3O/c1-13-7-17(28)5-6-18(13)19-11-21(27)36-20(12-35)22(19)37(4)23(38)24(2,3)14-8-15(25(29,30)31)10-16(9-14)26(32,33)34/h5-9,11,15H,10H2,1-4H3. The minimum atomic E-state index is -5.03. The van der Waals surface area contributed by atoms with E-state index in [0.29, 0.717) is 23.3 Å². The van der Waals surface area contributed by atoms with Gasteiger partial charge < -0.3 is 4.90 Å². The van der Waals surface area contributed by atoms with Gasteiger partial charge in [0.05, 0.1) is 17.0 Å². The zero-order valence-corrected chi connectivity index (χ0v) is 21.3. The van der Waals surface area contributed by atoms with Crippen molar-refractivity contribution in [2.45, 2.75) is 39.5 Å². The Morgan fingerprint density at radius 1 is 1.13 bits per heavy atom. The van der Waals surface area contributed by atoms with Crippen molar-refractivity contribution in [2.24, 2.45) is 11.3 Å². The molecule has 202 valence electrons. The van der Waals surface area contributed by atoms with Crippen LogP contribution in [0.25, 0.3) is 11.1 Å². The molecule has 2 aromatic rings. The predicted molar refractivity (Wildman–Crippen MR) is 128 cm³/mol. The first-order chi connectivity index (χ1) is 17.4. The third-order valence-corrected chi connectivity index (χ3v) is 6.57. The van der Waals surface area contributed by atoms with E-state index in [-0.39, 0.29) is 22.1 Å². The minimum Gasteiger partial charge on any atom is -0.312 e. The predicted octanol–water partition coefficient (Wildman–Crippen LogP) is 7.71. The van der Waals surface area contributed by atoms with Gasteiger partial charge in [0.2, 0.25) is 5.91 Å². The molecule has 0 fully saturated rings. The molecule has 1 amide bonds. The van der Waals surface area contributed by atoms with Crippen molar-refractivity contribution < 1.29 is 35.5 Å². The van der Waals surface area contributed by atoms with Crippen molar-refractivity contribution in [1.82, 2.24) is 4.98 Å². The number of aryl methyl sites for hydroxylation is 1. The van der Waals surface area contributed by atoms with E-state index in [9.17, 15) is 40.8 Å². The lowest BCUT2D eigenvalue weighted by molar-refractivity contribution is -0.166. The zero-order valence-electron chi connectivity index (χ0n) is 20.5. The molecule has 0 bridgehead atoms. The van der Waals surface area contributed by atoms with Crippen LogP contribution in [0.3, 0.4) is 0 Å². The van der Waals surface area contributed by atoms with Crippen molar-refractivity contribution in [3.8, 4) is 17.2 Å². The molecule has 4 nitrogen and oxygen atoms in total. The molecular formula is C26H21ClF7N3O. The van der Waals surface area contributed by atoms with Crippen molar-refractivity contribution in [3.63, 3.8) is 0 Å². The maximum atomic E-state index is 13.7. The molecule has 0 saturated heterocycles. The number of rotatable bonds is 4. The number of halogens is 8. The van der Waals surface area contributed by atoms with E-state index in [2.05, 4.69) is 4.98 Å². The van der Waals surface area contributed by atoms with Gasteiger partial charge in [-0.15, -0.1) is 0 Å². The largest absolute Gasteiger partial charge is 0.412 e. The van der Waals surface area contributed by atoms with Crippen LogP contribution in [-0.2, 0) is 4.79 Å².